The van der Waals surface area contributed by atoms with Crippen molar-refractivity contribution < 1.29 is 0 Å². The SMILES string of the molecule is C/C=C/C1CCCCC1.C=C. The van der Waals surface area contributed by atoms with Gasteiger partial charge >= 0.3 is 0 Å². The zero-order valence-electron chi connectivity index (χ0n) is 7.68. The van der Waals surface area contributed by atoms with Crippen LogP contribution in [0.3, 0.4) is 0 Å². The van der Waals surface area contributed by atoms with E-state index in [1.807, 2.05) is 0 Å². The molecule has 0 aromatic rings. The summed E-state index contributed by atoms with van der Waals surface area (Å²) >= 11 is 0. The van der Waals surface area contributed by atoms with E-state index in [2.05, 4.69) is 32.2 Å². The molecular weight excluding hydrogens is 132 g/mol. The second kappa shape index (κ2) is 7.59. The van der Waals surface area contributed by atoms with Gasteiger partial charge in [-0.3, -0.25) is 0 Å². The van der Waals surface area contributed by atoms with Gasteiger partial charge in [0.25, 0.3) is 0 Å². The van der Waals surface area contributed by atoms with Crippen molar-refractivity contribution in [2.45, 2.75) is 39.0 Å². The molecule has 1 saturated carbocycles. The van der Waals surface area contributed by atoms with Crippen molar-refractivity contribution in [3.05, 3.63) is 25.3 Å². The Hall–Kier alpha value is -0.520. The zero-order valence-corrected chi connectivity index (χ0v) is 7.68. The van der Waals surface area contributed by atoms with Crippen molar-refractivity contribution in [1.29, 1.82) is 0 Å². The van der Waals surface area contributed by atoms with E-state index in [0.717, 1.165) is 5.92 Å². The van der Waals surface area contributed by atoms with Crippen LogP contribution in [-0.2, 0) is 0 Å². The predicted molar refractivity (Wildman–Crippen MR) is 52.6 cm³/mol. The Bertz CT molecular complexity index is 96.6. The van der Waals surface area contributed by atoms with Crippen molar-refractivity contribution in [1.82, 2.24) is 0 Å². The minimum atomic E-state index is 0.920. The second-order valence-electron chi connectivity index (χ2n) is 2.92. The first-order chi connectivity index (χ1) is 5.43. The van der Waals surface area contributed by atoms with Gasteiger partial charge in [0.15, 0.2) is 0 Å². The van der Waals surface area contributed by atoms with Gasteiger partial charge in [-0.15, -0.1) is 13.2 Å². The second-order valence-corrected chi connectivity index (χ2v) is 2.92. The molecule has 0 aromatic carbocycles. The molecule has 1 fully saturated rings. The van der Waals surface area contributed by atoms with Crippen molar-refractivity contribution in [2.24, 2.45) is 5.92 Å². The van der Waals surface area contributed by atoms with E-state index in [1.165, 1.54) is 32.1 Å². The maximum Gasteiger partial charge on any atom is -0.0234 e. The fraction of sp³-hybridized carbons (Fsp3) is 0.636. The first-order valence-electron chi connectivity index (χ1n) is 4.56. The first-order valence-corrected chi connectivity index (χ1v) is 4.56. The summed E-state index contributed by atoms with van der Waals surface area (Å²) in [5, 5.41) is 0. The monoisotopic (exact) mass is 152 g/mol. The van der Waals surface area contributed by atoms with Crippen LogP contribution in [0.25, 0.3) is 0 Å². The molecule has 0 aromatic heterocycles. The Kier molecular flexibility index (Phi) is 7.23. The van der Waals surface area contributed by atoms with E-state index >= 15 is 0 Å². The fourth-order valence-corrected chi connectivity index (χ4v) is 1.60. The largest absolute Gasteiger partial charge is 0.106 e. The summed E-state index contributed by atoms with van der Waals surface area (Å²) < 4.78 is 0. The molecule has 0 amide bonds. The molecule has 0 atom stereocenters. The van der Waals surface area contributed by atoms with Crippen molar-refractivity contribution in [3.63, 3.8) is 0 Å². The van der Waals surface area contributed by atoms with E-state index in [9.17, 15) is 0 Å². The van der Waals surface area contributed by atoms with Gasteiger partial charge in [-0.05, 0) is 25.7 Å². The molecule has 1 aliphatic carbocycles. The van der Waals surface area contributed by atoms with Crippen LogP contribution in [0.2, 0.25) is 0 Å². The lowest BCUT2D eigenvalue weighted by Gasteiger charge is -2.17. The summed E-state index contributed by atoms with van der Waals surface area (Å²) in [6.45, 7) is 8.12. The van der Waals surface area contributed by atoms with Gasteiger partial charge in [0, 0.05) is 0 Å². The summed E-state index contributed by atoms with van der Waals surface area (Å²) in [5.41, 5.74) is 0. The summed E-state index contributed by atoms with van der Waals surface area (Å²) in [6, 6.07) is 0. The van der Waals surface area contributed by atoms with E-state index in [0.29, 0.717) is 0 Å². The third kappa shape index (κ3) is 4.83. The van der Waals surface area contributed by atoms with E-state index < -0.39 is 0 Å². The maximum atomic E-state index is 3.00. The van der Waals surface area contributed by atoms with Crippen LogP contribution >= 0.6 is 0 Å². The van der Waals surface area contributed by atoms with Crippen LogP contribution in [-0.4, -0.2) is 0 Å². The smallest absolute Gasteiger partial charge is 0.0234 e. The van der Waals surface area contributed by atoms with Crippen molar-refractivity contribution in [3.8, 4) is 0 Å². The van der Waals surface area contributed by atoms with Crippen LogP contribution in [0.4, 0.5) is 0 Å². The van der Waals surface area contributed by atoms with Crippen LogP contribution in [0.5, 0.6) is 0 Å². The van der Waals surface area contributed by atoms with Crippen LogP contribution in [0, 0.1) is 5.92 Å². The average molecular weight is 152 g/mol. The van der Waals surface area contributed by atoms with Crippen molar-refractivity contribution in [2.75, 3.05) is 0 Å². The molecule has 64 valence electrons. The molecule has 0 saturated heterocycles. The standard InChI is InChI=1S/C9H16.C2H4/c1-2-6-9-7-4-3-5-8-9;1-2/h2,6,9H,3-5,7-8H2,1H3;1-2H2/b6-2+;. The first kappa shape index (κ1) is 10.5. The summed E-state index contributed by atoms with van der Waals surface area (Å²) in [6.07, 6.45) is 11.8. The Balaban J connectivity index is 0.000000461. The summed E-state index contributed by atoms with van der Waals surface area (Å²) in [4.78, 5) is 0. The van der Waals surface area contributed by atoms with Gasteiger partial charge in [0.05, 0.1) is 0 Å². The Labute approximate surface area is 71.0 Å². The molecule has 0 N–H and O–H groups in total. The molecule has 0 heterocycles. The van der Waals surface area contributed by atoms with Crippen LogP contribution in [0.1, 0.15) is 39.0 Å². The van der Waals surface area contributed by atoms with Gasteiger partial charge in [0.2, 0.25) is 0 Å². The number of hydrogen-bond donors (Lipinski definition) is 0. The molecule has 11 heavy (non-hydrogen) atoms. The molecular formula is C11H20. The maximum absolute atomic E-state index is 3.00. The highest BCUT2D eigenvalue weighted by Gasteiger charge is 2.08. The normalized spacial score (nSPS) is 19.4. The Morgan fingerprint density at radius 2 is 1.64 bits per heavy atom. The molecule has 0 unspecified atom stereocenters. The molecule has 0 bridgehead atoms. The molecule has 0 radical (unpaired) electrons. The fourth-order valence-electron chi connectivity index (χ4n) is 1.60. The van der Waals surface area contributed by atoms with Crippen LogP contribution < -0.4 is 0 Å². The Morgan fingerprint density at radius 3 is 2.09 bits per heavy atom. The van der Waals surface area contributed by atoms with Gasteiger partial charge in [-0.25, -0.2) is 0 Å². The molecule has 0 heteroatoms. The third-order valence-electron chi connectivity index (χ3n) is 2.11. The molecule has 0 spiro atoms. The summed E-state index contributed by atoms with van der Waals surface area (Å²) in [5.74, 6) is 0.920. The van der Waals surface area contributed by atoms with Crippen molar-refractivity contribution >= 4 is 0 Å². The van der Waals surface area contributed by atoms with E-state index in [-0.39, 0.29) is 0 Å². The lowest BCUT2D eigenvalue weighted by molar-refractivity contribution is 0.419. The minimum absolute atomic E-state index is 0.920. The topological polar surface area (TPSA) is 0 Å². The van der Waals surface area contributed by atoms with E-state index in [1.54, 1.807) is 0 Å². The molecule has 1 aliphatic rings. The highest BCUT2D eigenvalue weighted by molar-refractivity contribution is 4.86. The number of allylic oxidation sites excluding steroid dienone is 2. The van der Waals surface area contributed by atoms with E-state index in [4.69, 9.17) is 0 Å². The predicted octanol–water partition coefficient (Wildman–Crippen LogP) is 3.95. The van der Waals surface area contributed by atoms with Crippen LogP contribution in [0.15, 0.2) is 25.3 Å². The van der Waals surface area contributed by atoms with Gasteiger partial charge in [-0.2, -0.15) is 0 Å². The molecule has 0 nitrogen and oxygen atoms in total. The Morgan fingerprint density at radius 1 is 1.09 bits per heavy atom. The number of rotatable bonds is 1. The molecule has 1 rings (SSSR count). The van der Waals surface area contributed by atoms with Gasteiger partial charge in [0.1, 0.15) is 0 Å². The molecule has 0 aliphatic heterocycles. The quantitative estimate of drug-likeness (QED) is 0.499. The highest BCUT2D eigenvalue weighted by Crippen LogP contribution is 2.24. The summed E-state index contributed by atoms with van der Waals surface area (Å²) in [7, 11) is 0. The average Bonchev–Trinajstić information content (AvgIpc) is 2.11. The lowest BCUT2D eigenvalue weighted by Crippen LogP contribution is -2.01. The minimum Gasteiger partial charge on any atom is -0.106 e. The van der Waals surface area contributed by atoms with Gasteiger partial charge < -0.3 is 0 Å². The lowest BCUT2D eigenvalue weighted by atomic mass is 9.89. The third-order valence-corrected chi connectivity index (χ3v) is 2.11. The number of hydrogen-bond acceptors (Lipinski definition) is 0. The zero-order chi connectivity index (χ0) is 8.53. The van der Waals surface area contributed by atoms with Gasteiger partial charge in [-0.1, -0.05) is 31.4 Å². The highest BCUT2D eigenvalue weighted by atomic mass is 14.1.